The van der Waals surface area contributed by atoms with Crippen molar-refractivity contribution >= 4 is 0 Å². The van der Waals surface area contributed by atoms with Gasteiger partial charge in [0, 0.05) is 6.04 Å². The van der Waals surface area contributed by atoms with Gasteiger partial charge in [0.15, 0.2) is 0 Å². The molecule has 0 saturated heterocycles. The third-order valence-corrected chi connectivity index (χ3v) is 4.30. The van der Waals surface area contributed by atoms with E-state index in [1.54, 1.807) is 0 Å². The molecule has 0 aromatic carbocycles. The Morgan fingerprint density at radius 3 is 2.00 bits per heavy atom. The van der Waals surface area contributed by atoms with E-state index < -0.39 is 0 Å². The molecular formula is C18H35N. The van der Waals surface area contributed by atoms with Crippen LogP contribution in [0.1, 0.15) is 84.5 Å². The summed E-state index contributed by atoms with van der Waals surface area (Å²) in [6, 6.07) is 0.747. The second-order valence-corrected chi connectivity index (χ2v) is 6.08. The van der Waals surface area contributed by atoms with Crippen molar-refractivity contribution < 1.29 is 0 Å². The lowest BCUT2D eigenvalue weighted by Gasteiger charge is -2.31. The molecule has 1 aliphatic carbocycles. The molecule has 0 N–H and O–H groups in total. The lowest BCUT2D eigenvalue weighted by atomic mass is 10.0. The van der Waals surface area contributed by atoms with Crippen molar-refractivity contribution in [1.82, 2.24) is 4.90 Å². The lowest BCUT2D eigenvalue weighted by Crippen LogP contribution is -2.36. The smallest absolute Gasteiger partial charge is 0.0278 e. The molecule has 0 aliphatic heterocycles. The molecule has 0 radical (unpaired) electrons. The van der Waals surface area contributed by atoms with Gasteiger partial charge >= 0.3 is 0 Å². The van der Waals surface area contributed by atoms with Crippen LogP contribution in [-0.2, 0) is 0 Å². The highest BCUT2D eigenvalue weighted by Crippen LogP contribution is 2.18. The van der Waals surface area contributed by atoms with Crippen LogP contribution in [0.25, 0.3) is 0 Å². The Morgan fingerprint density at radius 1 is 0.895 bits per heavy atom. The fraction of sp³-hybridized carbons (Fsp3) is 0.889. The molecule has 0 aromatic heterocycles. The highest BCUT2D eigenvalue weighted by molar-refractivity contribution is 4.98. The number of rotatable bonds is 11. The van der Waals surface area contributed by atoms with Crippen LogP contribution in [0.5, 0.6) is 0 Å². The molecule has 0 heterocycles. The predicted octanol–water partition coefficient (Wildman–Crippen LogP) is 5.56. The Kier molecular flexibility index (Phi) is 10.2. The van der Waals surface area contributed by atoms with E-state index in [4.69, 9.17) is 0 Å². The summed E-state index contributed by atoms with van der Waals surface area (Å²) in [6.07, 6.45) is 20.1. The first-order valence-corrected chi connectivity index (χ1v) is 8.79. The van der Waals surface area contributed by atoms with Gasteiger partial charge in [-0.15, -0.1) is 0 Å². The summed E-state index contributed by atoms with van der Waals surface area (Å²) in [7, 11) is 0. The number of hydrogen-bond acceptors (Lipinski definition) is 1. The molecule has 0 saturated carbocycles. The standard InChI is InChI=1S/C18H35N/c1-3-5-7-12-16-19(17-13-8-6-4-2)18-14-10-9-11-15-18/h10,14,18H,3-9,11-13,15-17H2,1-2H3/t18-/m0/s1. The van der Waals surface area contributed by atoms with Crippen LogP contribution >= 0.6 is 0 Å². The van der Waals surface area contributed by atoms with Crippen LogP contribution in [-0.4, -0.2) is 24.0 Å². The summed E-state index contributed by atoms with van der Waals surface area (Å²) in [5.74, 6) is 0. The molecule has 0 aromatic rings. The average Bonchev–Trinajstić information content (AvgIpc) is 2.46. The minimum atomic E-state index is 0.747. The van der Waals surface area contributed by atoms with Gasteiger partial charge in [0.05, 0.1) is 0 Å². The molecule has 19 heavy (non-hydrogen) atoms. The first kappa shape index (κ1) is 16.8. The van der Waals surface area contributed by atoms with Crippen molar-refractivity contribution in [1.29, 1.82) is 0 Å². The van der Waals surface area contributed by atoms with Crippen molar-refractivity contribution in [2.24, 2.45) is 0 Å². The Labute approximate surface area is 121 Å². The SMILES string of the molecule is CCCCCCN(CCCCCC)[C@H]1C=CCCC1. The number of hydrogen-bond donors (Lipinski definition) is 0. The van der Waals surface area contributed by atoms with E-state index in [1.807, 2.05) is 0 Å². The molecule has 1 nitrogen and oxygen atoms in total. The third kappa shape index (κ3) is 7.77. The van der Waals surface area contributed by atoms with Gasteiger partial charge < -0.3 is 0 Å². The van der Waals surface area contributed by atoms with Crippen LogP contribution in [0.2, 0.25) is 0 Å². The van der Waals surface area contributed by atoms with Crippen molar-refractivity contribution in [2.75, 3.05) is 13.1 Å². The minimum absolute atomic E-state index is 0.747. The molecule has 112 valence electrons. The molecule has 0 spiro atoms. The van der Waals surface area contributed by atoms with E-state index in [2.05, 4.69) is 30.9 Å². The summed E-state index contributed by atoms with van der Waals surface area (Å²) >= 11 is 0. The Hall–Kier alpha value is -0.300. The maximum absolute atomic E-state index is 2.76. The minimum Gasteiger partial charge on any atom is -0.297 e. The lowest BCUT2D eigenvalue weighted by molar-refractivity contribution is 0.204. The van der Waals surface area contributed by atoms with Crippen molar-refractivity contribution in [3.05, 3.63) is 12.2 Å². The molecule has 1 atom stereocenters. The van der Waals surface area contributed by atoms with Gasteiger partial charge in [0.2, 0.25) is 0 Å². The van der Waals surface area contributed by atoms with Gasteiger partial charge in [0.1, 0.15) is 0 Å². The first-order chi connectivity index (χ1) is 9.38. The first-order valence-electron chi connectivity index (χ1n) is 8.79. The highest BCUT2D eigenvalue weighted by atomic mass is 15.1. The largest absolute Gasteiger partial charge is 0.297 e. The topological polar surface area (TPSA) is 3.24 Å². The van der Waals surface area contributed by atoms with Crippen molar-refractivity contribution in [2.45, 2.75) is 90.5 Å². The monoisotopic (exact) mass is 265 g/mol. The Bertz CT molecular complexity index is 210. The number of unbranched alkanes of at least 4 members (excludes halogenated alkanes) is 6. The number of allylic oxidation sites excluding steroid dienone is 1. The van der Waals surface area contributed by atoms with Gasteiger partial charge in [-0.2, -0.15) is 0 Å². The molecule has 0 bridgehead atoms. The maximum atomic E-state index is 2.76. The molecule has 1 heteroatoms. The van der Waals surface area contributed by atoms with Gasteiger partial charge in [-0.25, -0.2) is 0 Å². The number of nitrogens with zero attached hydrogens (tertiary/aromatic N) is 1. The van der Waals surface area contributed by atoms with E-state index in [9.17, 15) is 0 Å². The highest BCUT2D eigenvalue weighted by Gasteiger charge is 2.16. The summed E-state index contributed by atoms with van der Waals surface area (Å²) in [4.78, 5) is 2.76. The summed E-state index contributed by atoms with van der Waals surface area (Å²) in [6.45, 7) is 7.24. The van der Waals surface area contributed by atoms with Gasteiger partial charge in [0.25, 0.3) is 0 Å². The van der Waals surface area contributed by atoms with Crippen LogP contribution in [0.4, 0.5) is 0 Å². The zero-order valence-corrected chi connectivity index (χ0v) is 13.4. The normalized spacial score (nSPS) is 19.2. The van der Waals surface area contributed by atoms with Crippen LogP contribution in [0.3, 0.4) is 0 Å². The molecule has 0 fully saturated rings. The summed E-state index contributed by atoms with van der Waals surface area (Å²) in [5.41, 5.74) is 0. The maximum Gasteiger partial charge on any atom is 0.0278 e. The van der Waals surface area contributed by atoms with Gasteiger partial charge in [-0.3, -0.25) is 4.90 Å². The summed E-state index contributed by atoms with van der Waals surface area (Å²) < 4.78 is 0. The van der Waals surface area contributed by atoms with Gasteiger partial charge in [-0.1, -0.05) is 64.5 Å². The zero-order valence-electron chi connectivity index (χ0n) is 13.4. The van der Waals surface area contributed by atoms with E-state index in [1.165, 1.54) is 83.7 Å². The van der Waals surface area contributed by atoms with Crippen molar-refractivity contribution in [3.63, 3.8) is 0 Å². The van der Waals surface area contributed by atoms with Gasteiger partial charge in [-0.05, 0) is 45.2 Å². The van der Waals surface area contributed by atoms with Crippen LogP contribution < -0.4 is 0 Å². The van der Waals surface area contributed by atoms with Crippen LogP contribution in [0.15, 0.2) is 12.2 Å². The Balaban J connectivity index is 2.28. The Morgan fingerprint density at radius 2 is 1.53 bits per heavy atom. The van der Waals surface area contributed by atoms with Crippen molar-refractivity contribution in [3.8, 4) is 0 Å². The van der Waals surface area contributed by atoms with Crippen LogP contribution in [0, 0.1) is 0 Å². The second kappa shape index (κ2) is 11.5. The fourth-order valence-corrected chi connectivity index (χ4v) is 3.03. The average molecular weight is 265 g/mol. The molecular weight excluding hydrogens is 230 g/mol. The van der Waals surface area contributed by atoms with E-state index >= 15 is 0 Å². The van der Waals surface area contributed by atoms with E-state index in [0.717, 1.165) is 6.04 Å². The predicted molar refractivity (Wildman–Crippen MR) is 86.6 cm³/mol. The second-order valence-electron chi connectivity index (χ2n) is 6.08. The fourth-order valence-electron chi connectivity index (χ4n) is 3.03. The zero-order chi connectivity index (χ0) is 13.8. The molecule has 1 aliphatic rings. The molecule has 1 rings (SSSR count). The van der Waals surface area contributed by atoms with E-state index in [-0.39, 0.29) is 0 Å². The molecule has 0 amide bonds. The van der Waals surface area contributed by atoms with E-state index in [0.29, 0.717) is 0 Å². The third-order valence-electron chi connectivity index (χ3n) is 4.30. The quantitative estimate of drug-likeness (QED) is 0.349. The molecule has 0 unspecified atom stereocenters. The summed E-state index contributed by atoms with van der Waals surface area (Å²) in [5, 5.41) is 0.